The first-order valence-corrected chi connectivity index (χ1v) is 14.3. The van der Waals surface area contributed by atoms with Crippen molar-refractivity contribution in [3.05, 3.63) is 42.0 Å². The van der Waals surface area contributed by atoms with Crippen LogP contribution >= 0.6 is 0 Å². The van der Waals surface area contributed by atoms with E-state index >= 15 is 0 Å². The minimum Gasteiger partial charge on any atom is -0.326 e. The molecule has 1 aliphatic rings. The number of nitrogens with one attached hydrogen (secondary N) is 1. The Bertz CT molecular complexity index is 1210. The fourth-order valence-electron chi connectivity index (χ4n) is 5.03. The number of amides is 1. The maximum absolute atomic E-state index is 13.0. The van der Waals surface area contributed by atoms with Gasteiger partial charge in [0, 0.05) is 30.8 Å². The normalized spacial score (nSPS) is 14.1. The van der Waals surface area contributed by atoms with Crippen LogP contribution in [0.15, 0.2) is 36.4 Å². The lowest BCUT2D eigenvalue weighted by Crippen LogP contribution is -2.32. The lowest BCUT2D eigenvalue weighted by molar-refractivity contribution is -0.118. The fraction of sp³-hybridized carbons (Fsp3) is 0.533. The van der Waals surface area contributed by atoms with Gasteiger partial charge in [-0.15, -0.1) is 0 Å². The summed E-state index contributed by atoms with van der Waals surface area (Å²) in [4.78, 5) is 38.9. The predicted octanol–water partition coefficient (Wildman–Crippen LogP) is 6.19. The van der Waals surface area contributed by atoms with Crippen LogP contribution < -0.4 is 10.2 Å². The zero-order chi connectivity index (χ0) is 26.9. The lowest BCUT2D eigenvalue weighted by Gasteiger charge is -2.26. The molecule has 1 N–H and O–H groups in total. The number of Topliss-reactive ketones (excluding diaryl/α,β-unsaturated/α-hetero) is 1. The molecule has 0 aliphatic carbocycles. The molecule has 3 heterocycles. The highest BCUT2D eigenvalue weighted by Gasteiger charge is 2.20. The second-order valence-corrected chi connectivity index (χ2v) is 10.3. The number of aromatic nitrogens is 3. The first-order valence-electron chi connectivity index (χ1n) is 14.3. The van der Waals surface area contributed by atoms with Gasteiger partial charge in [-0.2, -0.15) is 0 Å². The number of fused-ring (bicyclic) bond motifs is 1. The smallest absolute Gasteiger partial charge is 0.228 e. The van der Waals surface area contributed by atoms with Crippen molar-refractivity contribution in [1.82, 2.24) is 19.4 Å². The van der Waals surface area contributed by atoms with E-state index in [1.54, 1.807) is 6.92 Å². The highest BCUT2D eigenvalue weighted by molar-refractivity contribution is 5.94. The third-order valence-electron chi connectivity index (χ3n) is 7.21. The van der Waals surface area contributed by atoms with Gasteiger partial charge >= 0.3 is 0 Å². The van der Waals surface area contributed by atoms with Gasteiger partial charge in [0.05, 0.1) is 0 Å². The molecule has 0 saturated carbocycles. The van der Waals surface area contributed by atoms with E-state index in [-0.39, 0.29) is 11.7 Å². The molecule has 204 valence electrons. The molecule has 1 amide bonds. The topological polar surface area (TPSA) is 83.4 Å². The molecule has 8 heteroatoms. The van der Waals surface area contributed by atoms with Crippen LogP contribution in [0.3, 0.4) is 0 Å². The summed E-state index contributed by atoms with van der Waals surface area (Å²) in [6.45, 7) is 10.6. The lowest BCUT2D eigenvalue weighted by atomic mass is 10.1. The summed E-state index contributed by atoms with van der Waals surface area (Å²) in [6, 6.07) is 11.4. The molecule has 3 aromatic rings. The maximum atomic E-state index is 13.0. The fourth-order valence-corrected chi connectivity index (χ4v) is 5.03. The maximum Gasteiger partial charge on any atom is 0.228 e. The molecule has 0 spiro atoms. The van der Waals surface area contributed by atoms with Crippen molar-refractivity contribution in [1.29, 1.82) is 0 Å². The van der Waals surface area contributed by atoms with Crippen molar-refractivity contribution in [3.63, 3.8) is 0 Å². The predicted molar refractivity (Wildman–Crippen MR) is 154 cm³/mol. The highest BCUT2D eigenvalue weighted by atomic mass is 16.2. The van der Waals surface area contributed by atoms with Gasteiger partial charge < -0.3 is 10.2 Å². The summed E-state index contributed by atoms with van der Waals surface area (Å²) in [5, 5.41) is 3.45. The molecule has 4 rings (SSSR count). The number of carbonyl (C=O) groups excluding carboxylic acids is 2. The largest absolute Gasteiger partial charge is 0.326 e. The Morgan fingerprint density at radius 1 is 0.921 bits per heavy atom. The van der Waals surface area contributed by atoms with Crippen LogP contribution in [0.5, 0.6) is 0 Å². The molecule has 2 aromatic heterocycles. The average Bonchev–Trinajstić information content (AvgIpc) is 3.26. The van der Waals surface area contributed by atoms with Crippen LogP contribution in [-0.4, -0.2) is 57.3 Å². The standard InChI is InChI=1S/C30H42N6O2/c1-4-6-21-35(28(38)11-5-2)27-17-16-26-29(33-27)36(22-10-20-34-18-8-7-9-19-34)30(32-26)31-25-14-12-24(13-15-25)23(3)37/h12-17H,4-11,18-22H2,1-3H3,(H,31,32). The van der Waals surface area contributed by atoms with E-state index in [9.17, 15) is 9.59 Å². The second kappa shape index (κ2) is 13.5. The molecule has 0 radical (unpaired) electrons. The van der Waals surface area contributed by atoms with Crippen LogP contribution in [0.4, 0.5) is 17.5 Å². The number of piperidine rings is 1. The van der Waals surface area contributed by atoms with Gasteiger partial charge in [0.25, 0.3) is 0 Å². The molecule has 0 unspecified atom stereocenters. The number of hydrogen-bond acceptors (Lipinski definition) is 6. The number of imidazole rings is 1. The third-order valence-corrected chi connectivity index (χ3v) is 7.21. The number of pyridine rings is 1. The number of anilines is 3. The molecule has 1 fully saturated rings. The first-order chi connectivity index (χ1) is 18.5. The summed E-state index contributed by atoms with van der Waals surface area (Å²) in [5.74, 6) is 1.58. The summed E-state index contributed by atoms with van der Waals surface area (Å²) >= 11 is 0. The Labute approximate surface area is 226 Å². The Morgan fingerprint density at radius 2 is 1.68 bits per heavy atom. The number of unbranched alkanes of at least 4 members (excludes halogenated alkanes) is 1. The van der Waals surface area contributed by atoms with Gasteiger partial charge in [0.2, 0.25) is 11.9 Å². The van der Waals surface area contributed by atoms with Crippen LogP contribution in [-0.2, 0) is 11.3 Å². The van der Waals surface area contributed by atoms with Crippen molar-refractivity contribution in [2.45, 2.75) is 78.7 Å². The van der Waals surface area contributed by atoms with E-state index in [1.165, 1.54) is 32.4 Å². The van der Waals surface area contributed by atoms with Crippen molar-refractivity contribution in [2.24, 2.45) is 0 Å². The molecule has 8 nitrogen and oxygen atoms in total. The summed E-state index contributed by atoms with van der Waals surface area (Å²) < 4.78 is 2.14. The molecule has 0 atom stereocenters. The van der Waals surface area contributed by atoms with Gasteiger partial charge in [0.15, 0.2) is 11.4 Å². The van der Waals surface area contributed by atoms with Crippen molar-refractivity contribution >= 4 is 40.3 Å². The van der Waals surface area contributed by atoms with Crippen molar-refractivity contribution < 1.29 is 9.59 Å². The SMILES string of the molecule is CCCCN(C(=O)CCC)c1ccc2nc(Nc3ccc(C(C)=O)cc3)n(CCCN3CCCCC3)c2n1. The van der Waals surface area contributed by atoms with E-state index in [1.807, 2.05) is 48.2 Å². The van der Waals surface area contributed by atoms with Gasteiger partial charge in [-0.25, -0.2) is 9.97 Å². The van der Waals surface area contributed by atoms with Crippen LogP contribution in [0.25, 0.3) is 11.2 Å². The van der Waals surface area contributed by atoms with Gasteiger partial charge in [-0.3, -0.25) is 19.1 Å². The van der Waals surface area contributed by atoms with E-state index < -0.39 is 0 Å². The molecule has 0 bridgehead atoms. The summed E-state index contributed by atoms with van der Waals surface area (Å²) in [5.41, 5.74) is 3.13. The van der Waals surface area contributed by atoms with Gasteiger partial charge in [0.1, 0.15) is 11.3 Å². The van der Waals surface area contributed by atoms with E-state index in [0.717, 1.165) is 61.6 Å². The Hall–Kier alpha value is -3.26. The van der Waals surface area contributed by atoms with Crippen LogP contribution in [0.2, 0.25) is 0 Å². The summed E-state index contributed by atoms with van der Waals surface area (Å²) in [6.07, 6.45) is 8.16. The number of carbonyl (C=O) groups is 2. The van der Waals surface area contributed by atoms with Crippen molar-refractivity contribution in [3.8, 4) is 0 Å². The van der Waals surface area contributed by atoms with Crippen LogP contribution in [0.1, 0.15) is 82.5 Å². The molecule has 38 heavy (non-hydrogen) atoms. The molecular formula is C30H42N6O2. The number of ketones is 1. The molecular weight excluding hydrogens is 476 g/mol. The monoisotopic (exact) mass is 518 g/mol. The summed E-state index contributed by atoms with van der Waals surface area (Å²) in [7, 11) is 0. The molecule has 1 aliphatic heterocycles. The average molecular weight is 519 g/mol. The number of nitrogens with zero attached hydrogens (tertiary/aromatic N) is 5. The third kappa shape index (κ3) is 6.98. The quantitative estimate of drug-likeness (QED) is 0.272. The van der Waals surface area contributed by atoms with E-state index in [0.29, 0.717) is 24.3 Å². The first kappa shape index (κ1) is 27.8. The zero-order valence-electron chi connectivity index (χ0n) is 23.2. The zero-order valence-corrected chi connectivity index (χ0v) is 23.2. The number of likely N-dealkylation sites (tertiary alicyclic amines) is 1. The Morgan fingerprint density at radius 3 is 2.37 bits per heavy atom. The number of hydrogen-bond donors (Lipinski definition) is 1. The number of benzene rings is 1. The number of rotatable bonds is 13. The van der Waals surface area contributed by atoms with Crippen molar-refractivity contribution in [2.75, 3.05) is 36.4 Å². The highest BCUT2D eigenvalue weighted by Crippen LogP contribution is 2.26. The molecule has 1 aromatic carbocycles. The van der Waals surface area contributed by atoms with Gasteiger partial charge in [-0.05, 0) is 95.1 Å². The number of aryl methyl sites for hydroxylation is 1. The minimum atomic E-state index is 0.0449. The van der Waals surface area contributed by atoms with E-state index in [4.69, 9.17) is 9.97 Å². The Kier molecular flexibility index (Phi) is 9.87. The van der Waals surface area contributed by atoms with E-state index in [2.05, 4.69) is 21.7 Å². The molecule has 1 saturated heterocycles. The second-order valence-electron chi connectivity index (χ2n) is 10.3. The van der Waals surface area contributed by atoms with Gasteiger partial charge in [-0.1, -0.05) is 26.7 Å². The minimum absolute atomic E-state index is 0.0449. The Balaban J connectivity index is 1.64. The van der Waals surface area contributed by atoms with Crippen LogP contribution in [0, 0.1) is 0 Å².